The van der Waals surface area contributed by atoms with Crippen LogP contribution in [0, 0.1) is 0 Å². The van der Waals surface area contributed by atoms with Crippen molar-refractivity contribution in [1.29, 1.82) is 0 Å². The predicted octanol–water partition coefficient (Wildman–Crippen LogP) is 1.81. The van der Waals surface area contributed by atoms with Crippen molar-refractivity contribution in [1.82, 2.24) is 14.9 Å². The summed E-state index contributed by atoms with van der Waals surface area (Å²) < 4.78 is 5.16. The van der Waals surface area contributed by atoms with Crippen LogP contribution in [-0.2, 0) is 9.59 Å². The number of hydrogen-bond donors (Lipinski definition) is 1. The molecule has 0 bridgehead atoms. The molecule has 0 saturated carbocycles. The summed E-state index contributed by atoms with van der Waals surface area (Å²) in [7, 11) is 1.61. The van der Waals surface area contributed by atoms with Crippen molar-refractivity contribution >= 4 is 34.6 Å². The van der Waals surface area contributed by atoms with Gasteiger partial charge in [0, 0.05) is 19.0 Å². The minimum absolute atomic E-state index is 0.0741. The van der Waals surface area contributed by atoms with Gasteiger partial charge in [0.15, 0.2) is 5.16 Å². The van der Waals surface area contributed by atoms with Crippen molar-refractivity contribution in [2.45, 2.75) is 18.0 Å². The molecule has 2 aromatic rings. The summed E-state index contributed by atoms with van der Waals surface area (Å²) in [5.41, 5.74) is 1.68. The molecule has 21 heavy (non-hydrogen) atoms. The van der Waals surface area contributed by atoms with Crippen LogP contribution in [0.4, 0.5) is 0 Å². The fourth-order valence-electron chi connectivity index (χ4n) is 2.28. The van der Waals surface area contributed by atoms with Crippen molar-refractivity contribution < 1.29 is 14.3 Å². The van der Waals surface area contributed by atoms with Gasteiger partial charge in [-0.05, 0) is 18.6 Å². The number of aromatic amines is 1. The first-order chi connectivity index (χ1) is 10.2. The summed E-state index contributed by atoms with van der Waals surface area (Å²) in [4.78, 5) is 32.3. The number of ether oxygens (including phenoxy) is 1. The molecule has 2 heterocycles. The van der Waals surface area contributed by atoms with E-state index in [1.165, 1.54) is 16.7 Å². The van der Waals surface area contributed by atoms with Crippen LogP contribution in [0.15, 0.2) is 23.4 Å². The van der Waals surface area contributed by atoms with E-state index in [4.69, 9.17) is 4.74 Å². The van der Waals surface area contributed by atoms with Gasteiger partial charge in [0.1, 0.15) is 5.75 Å². The van der Waals surface area contributed by atoms with Crippen LogP contribution >= 0.6 is 11.8 Å². The first-order valence-corrected chi connectivity index (χ1v) is 7.65. The normalized spacial score (nSPS) is 14.9. The molecule has 0 unspecified atom stereocenters. The van der Waals surface area contributed by atoms with E-state index in [1.807, 2.05) is 18.2 Å². The van der Waals surface area contributed by atoms with Gasteiger partial charge in [-0.25, -0.2) is 4.98 Å². The molecule has 3 rings (SSSR count). The van der Waals surface area contributed by atoms with Gasteiger partial charge in [-0.3, -0.25) is 14.5 Å². The highest BCUT2D eigenvalue weighted by Crippen LogP contribution is 2.23. The SMILES string of the molecule is COc1ccc2nc(SCC(=O)N3CCCC3=O)[nH]c2c1. The fraction of sp³-hybridized carbons (Fsp3) is 0.357. The average molecular weight is 305 g/mol. The quantitative estimate of drug-likeness (QED) is 0.872. The maximum absolute atomic E-state index is 12.0. The molecule has 6 nitrogen and oxygen atoms in total. The number of aromatic nitrogens is 2. The average Bonchev–Trinajstić information content (AvgIpc) is 3.09. The van der Waals surface area contributed by atoms with Gasteiger partial charge >= 0.3 is 0 Å². The molecule has 0 aliphatic carbocycles. The molecule has 1 aromatic heterocycles. The molecule has 1 saturated heterocycles. The Hall–Kier alpha value is -2.02. The number of imidazole rings is 1. The number of nitrogens with zero attached hydrogens (tertiary/aromatic N) is 2. The number of hydrogen-bond acceptors (Lipinski definition) is 5. The van der Waals surface area contributed by atoms with Gasteiger partial charge in [0.05, 0.1) is 23.9 Å². The molecular weight excluding hydrogens is 290 g/mol. The van der Waals surface area contributed by atoms with Crippen LogP contribution in [-0.4, -0.2) is 46.1 Å². The zero-order chi connectivity index (χ0) is 14.8. The highest BCUT2D eigenvalue weighted by atomic mass is 32.2. The van der Waals surface area contributed by atoms with E-state index >= 15 is 0 Å². The second-order valence-corrected chi connectivity index (χ2v) is 5.72. The van der Waals surface area contributed by atoms with E-state index in [0.29, 0.717) is 18.1 Å². The molecular formula is C14H15N3O3S. The number of imide groups is 1. The van der Waals surface area contributed by atoms with Gasteiger partial charge in [-0.2, -0.15) is 0 Å². The van der Waals surface area contributed by atoms with Crippen molar-refractivity contribution in [3.05, 3.63) is 18.2 Å². The van der Waals surface area contributed by atoms with Crippen molar-refractivity contribution in [2.24, 2.45) is 0 Å². The van der Waals surface area contributed by atoms with Crippen LogP contribution in [0.25, 0.3) is 11.0 Å². The highest BCUT2D eigenvalue weighted by molar-refractivity contribution is 7.99. The summed E-state index contributed by atoms with van der Waals surface area (Å²) in [6.07, 6.45) is 1.24. The maximum Gasteiger partial charge on any atom is 0.239 e. The topological polar surface area (TPSA) is 75.3 Å². The summed E-state index contributed by atoms with van der Waals surface area (Å²) in [5.74, 6) is 0.736. The van der Waals surface area contributed by atoms with E-state index in [9.17, 15) is 9.59 Å². The number of methoxy groups -OCH3 is 1. The van der Waals surface area contributed by atoms with Crippen LogP contribution in [0.5, 0.6) is 5.75 Å². The number of carbonyl (C=O) groups excluding carboxylic acids is 2. The van der Waals surface area contributed by atoms with Gasteiger partial charge in [-0.1, -0.05) is 11.8 Å². The van der Waals surface area contributed by atoms with E-state index in [1.54, 1.807) is 7.11 Å². The van der Waals surface area contributed by atoms with E-state index < -0.39 is 0 Å². The molecule has 7 heteroatoms. The Morgan fingerprint density at radius 3 is 3.10 bits per heavy atom. The summed E-state index contributed by atoms with van der Waals surface area (Å²) in [6.45, 7) is 0.537. The third-order valence-electron chi connectivity index (χ3n) is 3.37. The first kappa shape index (κ1) is 13.9. The smallest absolute Gasteiger partial charge is 0.239 e. The number of fused-ring (bicyclic) bond motifs is 1. The van der Waals surface area contributed by atoms with E-state index in [-0.39, 0.29) is 17.6 Å². The summed E-state index contributed by atoms with van der Waals surface area (Å²) >= 11 is 1.31. The van der Waals surface area contributed by atoms with Crippen molar-refractivity contribution in [3.8, 4) is 5.75 Å². The van der Waals surface area contributed by atoms with Crippen molar-refractivity contribution in [3.63, 3.8) is 0 Å². The zero-order valence-electron chi connectivity index (χ0n) is 11.6. The minimum atomic E-state index is -0.152. The molecule has 1 N–H and O–H groups in total. The Morgan fingerprint density at radius 1 is 1.52 bits per heavy atom. The highest BCUT2D eigenvalue weighted by Gasteiger charge is 2.26. The summed E-state index contributed by atoms with van der Waals surface area (Å²) in [6, 6.07) is 5.56. The third kappa shape index (κ3) is 2.87. The number of rotatable bonds is 4. The molecule has 1 fully saturated rings. The van der Waals surface area contributed by atoms with Crippen LogP contribution in [0.2, 0.25) is 0 Å². The monoisotopic (exact) mass is 305 g/mol. The third-order valence-corrected chi connectivity index (χ3v) is 4.23. The molecule has 1 aliphatic heterocycles. The van der Waals surface area contributed by atoms with Crippen LogP contribution in [0.3, 0.4) is 0 Å². The molecule has 110 valence electrons. The van der Waals surface area contributed by atoms with Gasteiger partial charge in [0.2, 0.25) is 11.8 Å². The second kappa shape index (κ2) is 5.77. The number of benzene rings is 1. The molecule has 0 radical (unpaired) electrons. The van der Waals surface area contributed by atoms with E-state index in [2.05, 4.69) is 9.97 Å². The minimum Gasteiger partial charge on any atom is -0.497 e. The van der Waals surface area contributed by atoms with Crippen molar-refractivity contribution in [2.75, 3.05) is 19.4 Å². The number of carbonyl (C=O) groups is 2. The Morgan fingerprint density at radius 2 is 2.38 bits per heavy atom. The number of H-pyrrole nitrogens is 1. The van der Waals surface area contributed by atoms with Gasteiger partial charge in [0.25, 0.3) is 0 Å². The van der Waals surface area contributed by atoms with Gasteiger partial charge in [-0.15, -0.1) is 0 Å². The first-order valence-electron chi connectivity index (χ1n) is 6.67. The second-order valence-electron chi connectivity index (χ2n) is 4.76. The Kier molecular flexibility index (Phi) is 3.83. The Labute approximate surface area is 125 Å². The Bertz CT molecular complexity index is 698. The zero-order valence-corrected chi connectivity index (χ0v) is 12.4. The lowest BCUT2D eigenvalue weighted by atomic mass is 10.3. The molecule has 0 atom stereocenters. The standard InChI is InChI=1S/C14H15N3O3S/c1-20-9-4-5-10-11(7-9)16-14(15-10)21-8-13(19)17-6-2-3-12(17)18/h4-5,7H,2-3,6,8H2,1H3,(H,15,16). The largest absolute Gasteiger partial charge is 0.497 e. The Balaban J connectivity index is 1.67. The lowest BCUT2D eigenvalue weighted by Crippen LogP contribution is -2.33. The number of thioether (sulfide) groups is 1. The number of likely N-dealkylation sites (tertiary alicyclic amines) is 1. The fourth-order valence-corrected chi connectivity index (χ4v) is 3.04. The van der Waals surface area contributed by atoms with Crippen LogP contribution < -0.4 is 4.74 Å². The summed E-state index contributed by atoms with van der Waals surface area (Å²) in [5, 5.41) is 0.665. The lowest BCUT2D eigenvalue weighted by Gasteiger charge is -2.12. The number of nitrogens with one attached hydrogen (secondary N) is 1. The maximum atomic E-state index is 12.0. The van der Waals surface area contributed by atoms with Gasteiger partial charge < -0.3 is 9.72 Å². The number of amides is 2. The van der Waals surface area contributed by atoms with Crippen LogP contribution in [0.1, 0.15) is 12.8 Å². The van der Waals surface area contributed by atoms with E-state index in [0.717, 1.165) is 23.2 Å². The molecule has 2 amide bonds. The predicted molar refractivity (Wildman–Crippen MR) is 79.3 cm³/mol. The molecule has 0 spiro atoms. The lowest BCUT2D eigenvalue weighted by molar-refractivity contribution is -0.140. The molecule has 1 aromatic carbocycles. The molecule has 1 aliphatic rings.